The van der Waals surface area contributed by atoms with Gasteiger partial charge in [-0.1, -0.05) is 0 Å². The van der Waals surface area contributed by atoms with Crippen LogP contribution < -0.4 is 5.32 Å². The van der Waals surface area contributed by atoms with Crippen molar-refractivity contribution in [3.05, 3.63) is 42.5 Å². The smallest absolute Gasteiger partial charge is 0.137 e. The van der Waals surface area contributed by atoms with Gasteiger partial charge in [0, 0.05) is 47.8 Å². The Kier molecular flexibility index (Phi) is 2.42. The summed E-state index contributed by atoms with van der Waals surface area (Å²) in [6, 6.07) is 7.10. The van der Waals surface area contributed by atoms with Crippen LogP contribution in [-0.2, 0) is 6.54 Å². The average Bonchev–Trinajstić information content (AvgIpc) is 2.96. The third-order valence-corrected chi connectivity index (χ3v) is 3.67. The van der Waals surface area contributed by atoms with Gasteiger partial charge in [0.2, 0.25) is 0 Å². The van der Waals surface area contributed by atoms with E-state index in [4.69, 9.17) is 0 Å². The molecule has 1 fully saturated rings. The van der Waals surface area contributed by atoms with Crippen molar-refractivity contribution in [3.63, 3.8) is 0 Å². The summed E-state index contributed by atoms with van der Waals surface area (Å²) in [5, 5.41) is 4.69. The van der Waals surface area contributed by atoms with E-state index in [9.17, 15) is 0 Å². The monoisotopic (exact) mass is 252 g/mol. The van der Waals surface area contributed by atoms with Crippen LogP contribution in [0, 0.1) is 0 Å². The van der Waals surface area contributed by atoms with E-state index in [0.717, 1.165) is 18.2 Å². The highest BCUT2D eigenvalue weighted by Crippen LogP contribution is 2.27. The third-order valence-electron chi connectivity index (χ3n) is 3.67. The van der Waals surface area contributed by atoms with Crippen LogP contribution in [0.15, 0.2) is 36.8 Å². The van der Waals surface area contributed by atoms with Crippen LogP contribution in [0.1, 0.15) is 18.5 Å². The number of hydrogen-bond donors (Lipinski definition) is 3. The first-order valence-corrected chi connectivity index (χ1v) is 6.73. The maximum atomic E-state index is 4.32. The fourth-order valence-corrected chi connectivity index (χ4v) is 2.45. The van der Waals surface area contributed by atoms with E-state index in [2.05, 4.69) is 44.7 Å². The number of aromatic nitrogens is 3. The molecule has 4 rings (SSSR count). The zero-order chi connectivity index (χ0) is 12.7. The number of nitrogens with one attached hydrogen (secondary N) is 3. The largest absolute Gasteiger partial charge is 0.363 e. The van der Waals surface area contributed by atoms with Gasteiger partial charge in [0.15, 0.2) is 0 Å². The van der Waals surface area contributed by atoms with Crippen molar-refractivity contribution in [2.24, 2.45) is 0 Å². The molecule has 4 heteroatoms. The zero-order valence-electron chi connectivity index (χ0n) is 10.6. The molecule has 0 aromatic carbocycles. The summed E-state index contributed by atoms with van der Waals surface area (Å²) in [6.45, 7) is 0.923. The Balaban J connectivity index is 1.65. The molecule has 0 amide bonds. The van der Waals surface area contributed by atoms with Crippen molar-refractivity contribution in [2.45, 2.75) is 25.4 Å². The number of H-pyrrole nitrogens is 2. The minimum Gasteiger partial charge on any atom is -0.363 e. The molecule has 0 atom stereocenters. The minimum absolute atomic E-state index is 0.740. The number of pyridine rings is 1. The standard InChI is InChI=1S/C15H16N4/c1-2-11(1)19-9-12-7-10(8-18-12)13-3-5-16-15-14(13)4-6-17-15/h3-8,11,18-19H,1-2,9H2,(H,16,17). The molecule has 0 saturated heterocycles. The summed E-state index contributed by atoms with van der Waals surface area (Å²) in [5.74, 6) is 0. The van der Waals surface area contributed by atoms with Crippen LogP contribution in [0.2, 0.25) is 0 Å². The van der Waals surface area contributed by atoms with Crippen molar-refractivity contribution >= 4 is 11.0 Å². The second-order valence-electron chi connectivity index (χ2n) is 5.17. The Bertz CT molecular complexity index is 706. The summed E-state index contributed by atoms with van der Waals surface area (Å²) >= 11 is 0. The summed E-state index contributed by atoms with van der Waals surface area (Å²) in [4.78, 5) is 10.8. The molecule has 3 aromatic rings. The highest BCUT2D eigenvalue weighted by molar-refractivity contribution is 5.92. The van der Waals surface area contributed by atoms with Gasteiger partial charge in [0.1, 0.15) is 5.65 Å². The SMILES string of the molecule is c1cc(-c2c[nH]c(CNC3CC3)c2)c2cc[nH]c2n1. The first-order chi connectivity index (χ1) is 9.40. The van der Waals surface area contributed by atoms with Crippen LogP contribution in [0.25, 0.3) is 22.2 Å². The molecule has 3 heterocycles. The van der Waals surface area contributed by atoms with Crippen molar-refractivity contribution in [3.8, 4) is 11.1 Å². The van der Waals surface area contributed by atoms with E-state index in [-0.39, 0.29) is 0 Å². The molecule has 1 aliphatic carbocycles. The number of rotatable bonds is 4. The lowest BCUT2D eigenvalue weighted by atomic mass is 10.1. The molecule has 0 radical (unpaired) electrons. The molecule has 3 N–H and O–H groups in total. The van der Waals surface area contributed by atoms with Gasteiger partial charge >= 0.3 is 0 Å². The van der Waals surface area contributed by atoms with Crippen molar-refractivity contribution in [1.29, 1.82) is 0 Å². The topological polar surface area (TPSA) is 56.5 Å². The van der Waals surface area contributed by atoms with Gasteiger partial charge in [-0.05, 0) is 36.6 Å². The first-order valence-electron chi connectivity index (χ1n) is 6.73. The Morgan fingerprint density at radius 2 is 2.21 bits per heavy atom. The predicted molar refractivity (Wildman–Crippen MR) is 75.7 cm³/mol. The number of fused-ring (bicyclic) bond motifs is 1. The first kappa shape index (κ1) is 10.8. The van der Waals surface area contributed by atoms with Gasteiger partial charge in [0.05, 0.1) is 0 Å². The fraction of sp³-hybridized carbons (Fsp3) is 0.267. The molecule has 3 aromatic heterocycles. The summed E-state index contributed by atoms with van der Waals surface area (Å²) < 4.78 is 0. The number of aromatic amines is 2. The molecule has 0 bridgehead atoms. The lowest BCUT2D eigenvalue weighted by molar-refractivity contribution is 0.677. The summed E-state index contributed by atoms with van der Waals surface area (Å²) in [6.07, 6.45) is 8.50. The van der Waals surface area contributed by atoms with Crippen LogP contribution in [0.4, 0.5) is 0 Å². The molecule has 1 aliphatic rings. The van der Waals surface area contributed by atoms with E-state index >= 15 is 0 Å². The van der Waals surface area contributed by atoms with Gasteiger partial charge < -0.3 is 15.3 Å². The highest BCUT2D eigenvalue weighted by atomic mass is 15.0. The quantitative estimate of drug-likeness (QED) is 0.668. The van der Waals surface area contributed by atoms with Gasteiger partial charge in [-0.2, -0.15) is 0 Å². The molecular formula is C15H16N4. The molecule has 0 unspecified atom stereocenters. The lowest BCUT2D eigenvalue weighted by Gasteiger charge is -2.00. The summed E-state index contributed by atoms with van der Waals surface area (Å²) in [7, 11) is 0. The molecular weight excluding hydrogens is 236 g/mol. The van der Waals surface area contributed by atoms with Crippen LogP contribution in [0.3, 0.4) is 0 Å². The Hall–Kier alpha value is -2.07. The lowest BCUT2D eigenvalue weighted by Crippen LogP contribution is -2.15. The second-order valence-corrected chi connectivity index (χ2v) is 5.17. The van der Waals surface area contributed by atoms with Crippen LogP contribution in [0.5, 0.6) is 0 Å². The maximum absolute atomic E-state index is 4.32. The number of hydrogen-bond acceptors (Lipinski definition) is 2. The van der Waals surface area contributed by atoms with Crippen molar-refractivity contribution in [2.75, 3.05) is 0 Å². The molecule has 0 spiro atoms. The fourth-order valence-electron chi connectivity index (χ4n) is 2.45. The van der Waals surface area contributed by atoms with E-state index in [1.807, 2.05) is 12.4 Å². The normalized spacial score (nSPS) is 15.2. The molecule has 4 nitrogen and oxygen atoms in total. The van der Waals surface area contributed by atoms with Crippen LogP contribution >= 0.6 is 0 Å². The molecule has 19 heavy (non-hydrogen) atoms. The third kappa shape index (κ3) is 2.04. The van der Waals surface area contributed by atoms with Gasteiger partial charge in [-0.3, -0.25) is 0 Å². The highest BCUT2D eigenvalue weighted by Gasteiger charge is 2.20. The zero-order valence-corrected chi connectivity index (χ0v) is 10.6. The van der Waals surface area contributed by atoms with Gasteiger partial charge in [-0.15, -0.1) is 0 Å². The van der Waals surface area contributed by atoms with Gasteiger partial charge in [-0.25, -0.2) is 4.98 Å². The molecule has 0 aliphatic heterocycles. The number of nitrogens with zero attached hydrogens (tertiary/aromatic N) is 1. The second kappa shape index (κ2) is 4.24. The van der Waals surface area contributed by atoms with E-state index in [1.54, 1.807) is 0 Å². The minimum atomic E-state index is 0.740. The Morgan fingerprint density at radius 1 is 1.26 bits per heavy atom. The van der Waals surface area contributed by atoms with E-state index in [1.165, 1.54) is 35.0 Å². The van der Waals surface area contributed by atoms with Gasteiger partial charge in [0.25, 0.3) is 0 Å². The molecule has 96 valence electrons. The molecule has 1 saturated carbocycles. The maximum Gasteiger partial charge on any atom is 0.137 e. The van der Waals surface area contributed by atoms with Crippen molar-refractivity contribution < 1.29 is 0 Å². The Morgan fingerprint density at radius 3 is 3.11 bits per heavy atom. The predicted octanol–water partition coefficient (Wildman–Crippen LogP) is 2.81. The van der Waals surface area contributed by atoms with Crippen molar-refractivity contribution in [1.82, 2.24) is 20.3 Å². The average molecular weight is 252 g/mol. The van der Waals surface area contributed by atoms with E-state index < -0.39 is 0 Å². The van der Waals surface area contributed by atoms with E-state index in [0.29, 0.717) is 0 Å². The summed E-state index contributed by atoms with van der Waals surface area (Å²) in [5.41, 5.74) is 4.62. The van der Waals surface area contributed by atoms with Crippen LogP contribution in [-0.4, -0.2) is 21.0 Å². The Labute approximate surface area is 111 Å².